The summed E-state index contributed by atoms with van der Waals surface area (Å²) in [6, 6.07) is 6.60. The van der Waals surface area contributed by atoms with Crippen LogP contribution in [0, 0.1) is 0 Å². The molecule has 0 saturated heterocycles. The Morgan fingerprint density at radius 1 is 1.18 bits per heavy atom. The highest BCUT2D eigenvalue weighted by Gasteiger charge is 2.18. The summed E-state index contributed by atoms with van der Waals surface area (Å²) in [6.45, 7) is 0. The van der Waals surface area contributed by atoms with Gasteiger partial charge in [-0.1, -0.05) is 6.07 Å². The molecule has 0 bridgehead atoms. The molecule has 0 radical (unpaired) electrons. The van der Waals surface area contributed by atoms with E-state index in [0.717, 1.165) is 14.2 Å². The molecule has 1 rings (SSSR count). The highest BCUT2D eigenvalue weighted by atomic mass is 16.5. The molecule has 0 aliphatic carbocycles. The van der Waals surface area contributed by atoms with Crippen molar-refractivity contribution < 1.29 is 28.9 Å². The lowest BCUT2D eigenvalue weighted by atomic mass is 10.3. The van der Waals surface area contributed by atoms with Crippen LogP contribution in [0.25, 0.3) is 0 Å². The Kier molecular flexibility index (Phi) is 6.55. The van der Waals surface area contributed by atoms with Crippen molar-refractivity contribution in [2.75, 3.05) is 21.3 Å². The first-order valence-electron chi connectivity index (χ1n) is 6.14. The molecule has 0 heterocycles. The van der Waals surface area contributed by atoms with E-state index in [1.165, 1.54) is 7.11 Å². The number of hydrogen-bond acceptors (Lipinski definition) is 8. The molecular weight excluding hydrogens is 292 g/mol. The van der Waals surface area contributed by atoms with Gasteiger partial charge in [-0.25, -0.2) is 4.79 Å². The van der Waals surface area contributed by atoms with E-state index in [1.54, 1.807) is 24.3 Å². The second-order valence-corrected chi connectivity index (χ2v) is 3.94. The maximum Gasteiger partial charge on any atom is 0.362 e. The van der Waals surface area contributed by atoms with Crippen LogP contribution in [0.2, 0.25) is 0 Å². The van der Waals surface area contributed by atoms with Crippen LogP contribution in [-0.4, -0.2) is 38.4 Å². The Morgan fingerprint density at radius 3 is 2.50 bits per heavy atom. The van der Waals surface area contributed by atoms with E-state index in [9.17, 15) is 14.7 Å². The van der Waals surface area contributed by atoms with Gasteiger partial charge in [0.25, 0.3) is 0 Å². The first-order valence-corrected chi connectivity index (χ1v) is 6.14. The smallest absolute Gasteiger partial charge is 0.362 e. The summed E-state index contributed by atoms with van der Waals surface area (Å²) in [5.41, 5.74) is -0.0812. The quantitative estimate of drug-likeness (QED) is 0.374. The van der Waals surface area contributed by atoms with E-state index >= 15 is 0 Å². The predicted molar refractivity (Wildman–Crippen MR) is 75.8 cm³/mol. The van der Waals surface area contributed by atoms with Crippen molar-refractivity contribution in [2.24, 2.45) is 10.2 Å². The van der Waals surface area contributed by atoms with E-state index < -0.39 is 29.8 Å². The number of aliphatic hydroxyl groups excluding tert-OH is 1. The van der Waals surface area contributed by atoms with E-state index in [1.807, 2.05) is 0 Å². The van der Waals surface area contributed by atoms with Gasteiger partial charge in [0.2, 0.25) is 5.70 Å². The SMILES string of the molecule is COC(=O)CC(O)=C(N=Nc1cccc(OC)c1)C(=O)OC. The molecule has 0 fully saturated rings. The molecule has 0 atom stereocenters. The molecule has 0 aromatic heterocycles. The molecule has 0 unspecified atom stereocenters. The van der Waals surface area contributed by atoms with E-state index in [0.29, 0.717) is 11.4 Å². The largest absolute Gasteiger partial charge is 0.509 e. The topological polar surface area (TPSA) is 107 Å². The van der Waals surface area contributed by atoms with Crippen LogP contribution in [0.1, 0.15) is 6.42 Å². The van der Waals surface area contributed by atoms with Crippen molar-refractivity contribution in [3.63, 3.8) is 0 Å². The average Bonchev–Trinajstić information content (AvgIpc) is 2.54. The van der Waals surface area contributed by atoms with Crippen LogP contribution in [0.5, 0.6) is 5.75 Å². The molecule has 22 heavy (non-hydrogen) atoms. The molecule has 1 N–H and O–H groups in total. The fraction of sp³-hybridized carbons (Fsp3) is 0.286. The number of azo groups is 1. The number of rotatable bonds is 6. The molecule has 8 heteroatoms. The minimum Gasteiger partial charge on any atom is -0.509 e. The minimum atomic E-state index is -0.923. The monoisotopic (exact) mass is 308 g/mol. The highest BCUT2D eigenvalue weighted by molar-refractivity contribution is 5.89. The first-order chi connectivity index (χ1) is 10.5. The van der Waals surface area contributed by atoms with Gasteiger partial charge in [-0.15, -0.1) is 5.11 Å². The van der Waals surface area contributed by atoms with E-state index in [4.69, 9.17) is 4.74 Å². The normalized spacial score (nSPS) is 11.8. The van der Waals surface area contributed by atoms with Gasteiger partial charge in [-0.2, -0.15) is 5.11 Å². The van der Waals surface area contributed by atoms with Gasteiger partial charge in [0.1, 0.15) is 17.9 Å². The zero-order valence-electron chi connectivity index (χ0n) is 12.4. The molecule has 0 amide bonds. The summed E-state index contributed by atoms with van der Waals surface area (Å²) in [4.78, 5) is 22.7. The fourth-order valence-electron chi connectivity index (χ4n) is 1.39. The number of hydrogen-bond donors (Lipinski definition) is 1. The van der Waals surface area contributed by atoms with Crippen LogP contribution >= 0.6 is 0 Å². The number of methoxy groups -OCH3 is 3. The molecule has 118 valence electrons. The lowest BCUT2D eigenvalue weighted by Gasteiger charge is -2.04. The standard InChI is InChI=1S/C14H16N2O6/c1-20-10-6-4-5-9(7-10)15-16-13(14(19)22-3)11(17)8-12(18)21-2/h4-7,17H,8H2,1-3H3. The Bertz CT molecular complexity index is 609. The van der Waals surface area contributed by atoms with Crippen molar-refractivity contribution in [3.8, 4) is 5.75 Å². The maximum absolute atomic E-state index is 11.6. The van der Waals surface area contributed by atoms with Gasteiger partial charge < -0.3 is 19.3 Å². The van der Waals surface area contributed by atoms with Crippen LogP contribution in [0.4, 0.5) is 5.69 Å². The minimum absolute atomic E-state index is 0.395. The summed E-state index contributed by atoms with van der Waals surface area (Å²) < 4.78 is 13.9. The molecule has 0 saturated carbocycles. The molecular formula is C14H16N2O6. The zero-order chi connectivity index (χ0) is 16.5. The second-order valence-electron chi connectivity index (χ2n) is 3.94. The number of aliphatic hydroxyl groups is 1. The number of ether oxygens (including phenoxy) is 3. The Hall–Kier alpha value is -2.90. The lowest BCUT2D eigenvalue weighted by molar-refractivity contribution is -0.140. The molecule has 0 spiro atoms. The van der Waals surface area contributed by atoms with E-state index in [-0.39, 0.29) is 0 Å². The first kappa shape index (κ1) is 17.2. The Labute approximate surface area is 127 Å². The number of carbonyl (C=O) groups excluding carboxylic acids is 2. The van der Waals surface area contributed by atoms with Crippen LogP contribution in [0.15, 0.2) is 46.0 Å². The number of nitrogens with zero attached hydrogens (tertiary/aromatic N) is 2. The predicted octanol–water partition coefficient (Wildman–Crippen LogP) is 2.28. The summed E-state index contributed by atoms with van der Waals surface area (Å²) >= 11 is 0. The van der Waals surface area contributed by atoms with Gasteiger partial charge in [0, 0.05) is 6.07 Å². The summed E-state index contributed by atoms with van der Waals surface area (Å²) in [5.74, 6) is -1.69. The fourth-order valence-corrected chi connectivity index (χ4v) is 1.39. The van der Waals surface area contributed by atoms with Crippen LogP contribution in [-0.2, 0) is 19.1 Å². The summed E-state index contributed by atoms with van der Waals surface area (Å²) in [6.07, 6.45) is -0.516. The molecule has 0 aliphatic rings. The molecule has 1 aromatic carbocycles. The molecule has 8 nitrogen and oxygen atoms in total. The third-order valence-corrected chi connectivity index (χ3v) is 2.51. The summed E-state index contributed by atoms with van der Waals surface area (Å²) in [7, 11) is 3.78. The highest BCUT2D eigenvalue weighted by Crippen LogP contribution is 2.21. The van der Waals surface area contributed by atoms with Crippen molar-refractivity contribution in [2.45, 2.75) is 6.42 Å². The molecule has 0 aliphatic heterocycles. The van der Waals surface area contributed by atoms with Crippen molar-refractivity contribution >= 4 is 17.6 Å². The molecule has 1 aromatic rings. The van der Waals surface area contributed by atoms with Crippen molar-refractivity contribution in [3.05, 3.63) is 35.7 Å². The Balaban J connectivity index is 3.07. The van der Waals surface area contributed by atoms with Gasteiger partial charge in [-0.05, 0) is 12.1 Å². The van der Waals surface area contributed by atoms with E-state index in [2.05, 4.69) is 19.7 Å². The number of benzene rings is 1. The number of carbonyl (C=O) groups is 2. The zero-order valence-corrected chi connectivity index (χ0v) is 12.4. The second kappa shape index (κ2) is 8.40. The number of esters is 2. The third kappa shape index (κ3) is 4.89. The van der Waals surface area contributed by atoms with Gasteiger partial charge in [0.15, 0.2) is 0 Å². The lowest BCUT2D eigenvalue weighted by Crippen LogP contribution is -2.09. The van der Waals surface area contributed by atoms with Gasteiger partial charge in [0.05, 0.1) is 27.0 Å². The third-order valence-electron chi connectivity index (χ3n) is 2.51. The summed E-state index contributed by atoms with van der Waals surface area (Å²) in [5, 5.41) is 17.2. The Morgan fingerprint density at radius 2 is 1.91 bits per heavy atom. The van der Waals surface area contributed by atoms with Gasteiger partial charge >= 0.3 is 11.9 Å². The maximum atomic E-state index is 11.6. The van der Waals surface area contributed by atoms with Crippen LogP contribution < -0.4 is 4.74 Å². The van der Waals surface area contributed by atoms with Gasteiger partial charge in [-0.3, -0.25) is 4.79 Å². The average molecular weight is 308 g/mol. The van der Waals surface area contributed by atoms with Crippen LogP contribution in [0.3, 0.4) is 0 Å². The van der Waals surface area contributed by atoms with Crippen molar-refractivity contribution in [1.82, 2.24) is 0 Å². The van der Waals surface area contributed by atoms with Crippen molar-refractivity contribution in [1.29, 1.82) is 0 Å².